The summed E-state index contributed by atoms with van der Waals surface area (Å²) in [5.74, 6) is -4.07. The van der Waals surface area contributed by atoms with Crippen LogP contribution in [0.5, 0.6) is 5.75 Å². The van der Waals surface area contributed by atoms with E-state index in [9.17, 15) is 23.5 Å². The number of benzene rings is 1. The van der Waals surface area contributed by atoms with Crippen LogP contribution in [0.2, 0.25) is 0 Å². The van der Waals surface area contributed by atoms with E-state index in [4.69, 9.17) is 9.84 Å². The number of carboxylic acid groups (broad SMARTS) is 1. The van der Waals surface area contributed by atoms with Gasteiger partial charge in [-0.2, -0.15) is 8.78 Å². The van der Waals surface area contributed by atoms with Crippen molar-refractivity contribution in [3.8, 4) is 5.75 Å². The second-order valence-electron chi connectivity index (χ2n) is 7.79. The molecular formula is C23H31F2NO5. The number of aliphatic carboxylic acids is 1. The number of carbonyl (C=O) groups is 2. The molecule has 1 aliphatic rings. The number of hydrogen-bond donors (Lipinski definition) is 2. The van der Waals surface area contributed by atoms with Crippen molar-refractivity contribution in [3.63, 3.8) is 0 Å². The number of ether oxygens (including phenoxy) is 1. The summed E-state index contributed by atoms with van der Waals surface area (Å²) in [5, 5.41) is 18.8. The van der Waals surface area contributed by atoms with E-state index >= 15 is 0 Å². The van der Waals surface area contributed by atoms with Gasteiger partial charge in [0.25, 0.3) is 0 Å². The van der Waals surface area contributed by atoms with E-state index in [0.717, 1.165) is 25.3 Å². The minimum absolute atomic E-state index is 0.0273. The second kappa shape index (κ2) is 11.8. The second-order valence-corrected chi connectivity index (χ2v) is 7.79. The summed E-state index contributed by atoms with van der Waals surface area (Å²) in [6.07, 6.45) is 5.29. The maximum absolute atomic E-state index is 14.7. The van der Waals surface area contributed by atoms with Crippen molar-refractivity contribution < 1.29 is 33.3 Å². The molecule has 172 valence electrons. The monoisotopic (exact) mass is 439 g/mol. The third kappa shape index (κ3) is 7.31. The molecule has 2 rings (SSSR count). The Morgan fingerprint density at radius 3 is 2.77 bits per heavy atom. The van der Waals surface area contributed by atoms with Crippen LogP contribution in [0.15, 0.2) is 36.4 Å². The molecule has 1 aromatic carbocycles. The highest BCUT2D eigenvalue weighted by Crippen LogP contribution is 2.34. The molecule has 8 heteroatoms. The number of hydrogen-bond acceptors (Lipinski definition) is 4. The predicted molar refractivity (Wildman–Crippen MR) is 112 cm³/mol. The first-order valence-electron chi connectivity index (χ1n) is 10.7. The van der Waals surface area contributed by atoms with Gasteiger partial charge in [-0.15, -0.1) is 0 Å². The summed E-state index contributed by atoms with van der Waals surface area (Å²) < 4.78 is 34.4. The third-order valence-electron chi connectivity index (χ3n) is 5.49. The van der Waals surface area contributed by atoms with Gasteiger partial charge in [-0.05, 0) is 37.8 Å². The number of carbonyl (C=O) groups excluding carboxylic acids is 1. The van der Waals surface area contributed by atoms with Crippen molar-refractivity contribution in [2.24, 2.45) is 0 Å². The van der Waals surface area contributed by atoms with Crippen LogP contribution in [-0.2, 0) is 15.5 Å². The molecule has 1 aliphatic heterocycles. The van der Waals surface area contributed by atoms with Gasteiger partial charge >= 0.3 is 11.9 Å². The van der Waals surface area contributed by atoms with Crippen molar-refractivity contribution in [1.82, 2.24) is 4.90 Å². The van der Waals surface area contributed by atoms with Gasteiger partial charge in [-0.25, -0.2) is 0 Å². The quantitative estimate of drug-likeness (QED) is 0.378. The molecule has 0 bridgehead atoms. The number of piperidine rings is 1. The highest BCUT2D eigenvalue weighted by atomic mass is 19.3. The SMILES string of the molecule is COc1cccc(C(F)(F)[C@H](O)/C=C/[C@H]2CCCC(=O)N2CCCCCCC(=O)O)c1. The molecule has 31 heavy (non-hydrogen) atoms. The van der Waals surface area contributed by atoms with Gasteiger partial charge in [-0.1, -0.05) is 37.1 Å². The van der Waals surface area contributed by atoms with E-state index in [0.29, 0.717) is 32.2 Å². The number of unbranched alkanes of at least 4 members (excludes halogenated alkanes) is 3. The van der Waals surface area contributed by atoms with Gasteiger partial charge in [0.05, 0.1) is 13.2 Å². The Kier molecular flexibility index (Phi) is 9.43. The molecule has 0 spiro atoms. The van der Waals surface area contributed by atoms with Gasteiger partial charge in [0, 0.05) is 24.9 Å². The maximum atomic E-state index is 14.7. The number of amides is 1. The fraction of sp³-hybridized carbons (Fsp3) is 0.565. The maximum Gasteiger partial charge on any atom is 0.303 e. The fourth-order valence-electron chi connectivity index (χ4n) is 3.70. The van der Waals surface area contributed by atoms with Crippen molar-refractivity contribution in [2.75, 3.05) is 13.7 Å². The molecule has 0 aromatic heterocycles. The first kappa shape index (κ1) is 24.8. The number of halogens is 2. The Balaban J connectivity index is 1.96. The zero-order valence-electron chi connectivity index (χ0n) is 17.8. The lowest BCUT2D eigenvalue weighted by molar-refractivity contribution is -0.137. The molecule has 1 amide bonds. The Hall–Kier alpha value is -2.48. The normalized spacial score (nSPS) is 18.4. The van der Waals surface area contributed by atoms with Crippen LogP contribution in [-0.4, -0.2) is 52.8 Å². The van der Waals surface area contributed by atoms with Crippen LogP contribution < -0.4 is 4.74 Å². The number of methoxy groups -OCH3 is 1. The number of nitrogens with zero attached hydrogens (tertiary/aromatic N) is 1. The van der Waals surface area contributed by atoms with Crippen molar-refractivity contribution in [3.05, 3.63) is 42.0 Å². The van der Waals surface area contributed by atoms with E-state index in [2.05, 4.69) is 0 Å². The Labute approximate surface area is 181 Å². The van der Waals surface area contributed by atoms with Gasteiger partial charge < -0.3 is 19.8 Å². The standard InChI is InChI=1S/C23H31F2NO5/c1-31-19-10-6-8-17(16-19)23(24,25)20(27)14-13-18-9-7-11-21(28)26(18)15-5-3-2-4-12-22(29)30/h6,8,10,13-14,16,18,20,27H,2-5,7,9,11-12,15H2,1H3,(H,29,30)/b14-13+/t18-,20-/m1/s1. The fourth-order valence-corrected chi connectivity index (χ4v) is 3.70. The molecule has 2 N–H and O–H groups in total. The topological polar surface area (TPSA) is 87.1 Å². The van der Waals surface area contributed by atoms with Gasteiger partial charge in [-0.3, -0.25) is 9.59 Å². The molecule has 0 unspecified atom stereocenters. The Morgan fingerprint density at radius 1 is 1.32 bits per heavy atom. The summed E-state index contributed by atoms with van der Waals surface area (Å²) in [5.41, 5.74) is -0.345. The van der Waals surface area contributed by atoms with Crippen molar-refractivity contribution >= 4 is 11.9 Å². The largest absolute Gasteiger partial charge is 0.497 e. The van der Waals surface area contributed by atoms with E-state index in [-0.39, 0.29) is 29.7 Å². The number of aliphatic hydroxyl groups is 1. The number of carboxylic acids is 1. The molecule has 0 aliphatic carbocycles. The smallest absolute Gasteiger partial charge is 0.303 e. The highest BCUT2D eigenvalue weighted by Gasteiger charge is 2.39. The van der Waals surface area contributed by atoms with E-state index in [1.165, 1.54) is 31.4 Å². The average Bonchev–Trinajstić information content (AvgIpc) is 2.75. The minimum Gasteiger partial charge on any atom is -0.497 e. The molecule has 0 saturated carbocycles. The number of rotatable bonds is 12. The third-order valence-corrected chi connectivity index (χ3v) is 5.49. The summed E-state index contributed by atoms with van der Waals surface area (Å²) in [6, 6.07) is 5.08. The van der Waals surface area contributed by atoms with E-state index in [1.54, 1.807) is 11.0 Å². The molecule has 1 aromatic rings. The number of likely N-dealkylation sites (tertiary alicyclic amines) is 1. The lowest BCUT2D eigenvalue weighted by atomic mass is 9.97. The Morgan fingerprint density at radius 2 is 2.06 bits per heavy atom. The lowest BCUT2D eigenvalue weighted by Gasteiger charge is -2.34. The van der Waals surface area contributed by atoms with Crippen LogP contribution >= 0.6 is 0 Å². The van der Waals surface area contributed by atoms with E-state index in [1.807, 2.05) is 0 Å². The first-order chi connectivity index (χ1) is 14.8. The van der Waals surface area contributed by atoms with Crippen LogP contribution in [0, 0.1) is 0 Å². The highest BCUT2D eigenvalue weighted by molar-refractivity contribution is 5.77. The number of aliphatic hydroxyl groups excluding tert-OH is 1. The molecule has 6 nitrogen and oxygen atoms in total. The van der Waals surface area contributed by atoms with Crippen LogP contribution in [0.3, 0.4) is 0 Å². The summed E-state index contributed by atoms with van der Waals surface area (Å²) >= 11 is 0. The molecule has 1 heterocycles. The zero-order valence-corrected chi connectivity index (χ0v) is 17.8. The average molecular weight is 439 g/mol. The van der Waals surface area contributed by atoms with Crippen molar-refractivity contribution in [2.45, 2.75) is 69.4 Å². The molecule has 2 atom stereocenters. The predicted octanol–water partition coefficient (Wildman–Crippen LogP) is 4.12. The van der Waals surface area contributed by atoms with Crippen LogP contribution in [0.25, 0.3) is 0 Å². The number of alkyl halides is 2. The Bertz CT molecular complexity index is 768. The zero-order chi connectivity index (χ0) is 22.9. The van der Waals surface area contributed by atoms with Gasteiger partial charge in [0.2, 0.25) is 5.91 Å². The summed E-state index contributed by atoms with van der Waals surface area (Å²) in [4.78, 5) is 24.6. The molecule has 1 fully saturated rings. The van der Waals surface area contributed by atoms with Gasteiger partial charge in [0.15, 0.2) is 0 Å². The summed E-state index contributed by atoms with van der Waals surface area (Å²) in [6.45, 7) is 0.489. The van der Waals surface area contributed by atoms with Gasteiger partial charge in [0.1, 0.15) is 11.9 Å². The van der Waals surface area contributed by atoms with Crippen LogP contribution in [0.4, 0.5) is 8.78 Å². The minimum atomic E-state index is -3.50. The van der Waals surface area contributed by atoms with E-state index < -0.39 is 18.0 Å². The first-order valence-corrected chi connectivity index (χ1v) is 10.7. The molecule has 1 saturated heterocycles. The molecular weight excluding hydrogens is 408 g/mol. The lowest BCUT2D eigenvalue weighted by Crippen LogP contribution is -2.43. The van der Waals surface area contributed by atoms with Crippen LogP contribution in [0.1, 0.15) is 56.9 Å². The van der Waals surface area contributed by atoms with Crippen molar-refractivity contribution in [1.29, 1.82) is 0 Å². The summed E-state index contributed by atoms with van der Waals surface area (Å²) in [7, 11) is 1.38. The molecule has 0 radical (unpaired) electrons.